The summed E-state index contributed by atoms with van der Waals surface area (Å²) in [4.78, 5) is 4.23. The van der Waals surface area contributed by atoms with E-state index in [4.69, 9.17) is 4.42 Å². The topological polar surface area (TPSA) is 72.2 Å². The maximum atomic E-state index is 11.6. The van der Waals surface area contributed by atoms with Gasteiger partial charge in [-0.2, -0.15) is 0 Å². The minimum atomic E-state index is -2.91. The normalized spacial score (nSPS) is 24.9. The molecule has 1 aromatic heterocycles. The van der Waals surface area contributed by atoms with Gasteiger partial charge in [-0.05, 0) is 26.8 Å². The molecule has 1 aromatic rings. The lowest BCUT2D eigenvalue weighted by Crippen LogP contribution is -2.24. The number of rotatable bonds is 4. The molecule has 102 valence electrons. The number of likely N-dealkylation sites (N-methyl/N-ethyl adjacent to an activating group) is 1. The molecule has 1 fully saturated rings. The van der Waals surface area contributed by atoms with Crippen molar-refractivity contribution in [3.8, 4) is 0 Å². The summed E-state index contributed by atoms with van der Waals surface area (Å²) >= 11 is 0. The van der Waals surface area contributed by atoms with Gasteiger partial charge in [0.25, 0.3) is 0 Å². The highest BCUT2D eigenvalue weighted by molar-refractivity contribution is 7.91. The molecule has 2 unspecified atom stereocenters. The van der Waals surface area contributed by atoms with Crippen LogP contribution in [0.15, 0.2) is 10.6 Å². The summed E-state index contributed by atoms with van der Waals surface area (Å²) in [6, 6.07) is 0.320. The van der Waals surface area contributed by atoms with E-state index in [0.717, 1.165) is 18.6 Å². The maximum absolute atomic E-state index is 11.6. The molecular weight excluding hydrogens is 252 g/mol. The van der Waals surface area contributed by atoms with Gasteiger partial charge in [0.15, 0.2) is 15.7 Å². The highest BCUT2D eigenvalue weighted by Gasteiger charge is 2.29. The molecule has 1 saturated heterocycles. The van der Waals surface area contributed by atoms with Crippen LogP contribution in [-0.4, -0.2) is 38.0 Å². The quantitative estimate of drug-likeness (QED) is 0.889. The Balaban J connectivity index is 2.05. The minimum absolute atomic E-state index is 0.0672. The second-order valence-corrected chi connectivity index (χ2v) is 7.24. The van der Waals surface area contributed by atoms with Gasteiger partial charge < -0.3 is 9.73 Å². The first-order chi connectivity index (χ1) is 8.50. The van der Waals surface area contributed by atoms with Crippen LogP contribution >= 0.6 is 0 Å². The fourth-order valence-electron chi connectivity index (χ4n) is 2.23. The molecule has 0 amide bonds. The van der Waals surface area contributed by atoms with Crippen molar-refractivity contribution in [2.24, 2.45) is 0 Å². The molecule has 1 aliphatic rings. The van der Waals surface area contributed by atoms with Crippen molar-refractivity contribution in [1.29, 1.82) is 0 Å². The number of sulfone groups is 1. The fourth-order valence-corrected chi connectivity index (χ4v) is 3.92. The van der Waals surface area contributed by atoms with Gasteiger partial charge in [0.1, 0.15) is 5.76 Å². The number of aromatic nitrogens is 1. The molecule has 0 radical (unpaired) electrons. The number of oxazole rings is 1. The van der Waals surface area contributed by atoms with Gasteiger partial charge in [0.2, 0.25) is 0 Å². The molecule has 2 rings (SSSR count). The molecule has 6 heteroatoms. The van der Waals surface area contributed by atoms with E-state index in [1.54, 1.807) is 6.20 Å². The minimum Gasteiger partial charge on any atom is -0.445 e. The van der Waals surface area contributed by atoms with Crippen LogP contribution in [0.3, 0.4) is 0 Å². The van der Waals surface area contributed by atoms with Crippen molar-refractivity contribution in [3.63, 3.8) is 0 Å². The van der Waals surface area contributed by atoms with E-state index in [1.807, 2.05) is 7.05 Å². The zero-order chi connectivity index (χ0) is 13.2. The highest BCUT2D eigenvalue weighted by atomic mass is 32.2. The van der Waals surface area contributed by atoms with Gasteiger partial charge in [-0.15, -0.1) is 0 Å². The van der Waals surface area contributed by atoms with Crippen molar-refractivity contribution in [1.82, 2.24) is 10.3 Å². The molecule has 0 bridgehead atoms. The van der Waals surface area contributed by atoms with Gasteiger partial charge >= 0.3 is 0 Å². The second kappa shape index (κ2) is 5.40. The Kier molecular flexibility index (Phi) is 4.07. The maximum Gasteiger partial charge on any atom is 0.198 e. The molecule has 5 nitrogen and oxygen atoms in total. The van der Waals surface area contributed by atoms with Crippen LogP contribution in [0.25, 0.3) is 0 Å². The van der Waals surface area contributed by atoms with Crippen LogP contribution in [0.4, 0.5) is 0 Å². The molecule has 1 aliphatic heterocycles. The van der Waals surface area contributed by atoms with Gasteiger partial charge in [0.05, 0.1) is 17.7 Å². The van der Waals surface area contributed by atoms with E-state index in [0.29, 0.717) is 24.1 Å². The third-order valence-corrected chi connectivity index (χ3v) is 5.20. The van der Waals surface area contributed by atoms with E-state index in [9.17, 15) is 8.42 Å². The van der Waals surface area contributed by atoms with Crippen molar-refractivity contribution in [2.45, 2.75) is 38.1 Å². The lowest BCUT2D eigenvalue weighted by atomic mass is 10.1. The number of nitrogens with one attached hydrogen (secondary N) is 1. The summed E-state index contributed by atoms with van der Waals surface area (Å²) in [6.07, 6.45) is 4.03. The zero-order valence-corrected chi connectivity index (χ0v) is 11.7. The van der Waals surface area contributed by atoms with Crippen molar-refractivity contribution in [3.05, 3.63) is 17.8 Å². The Labute approximate surface area is 108 Å². The predicted molar refractivity (Wildman–Crippen MR) is 69.4 cm³/mol. The summed E-state index contributed by atoms with van der Waals surface area (Å²) in [5.74, 6) is 1.80. The van der Waals surface area contributed by atoms with Crippen molar-refractivity contribution >= 4 is 9.84 Å². The highest BCUT2D eigenvalue weighted by Crippen LogP contribution is 2.28. The van der Waals surface area contributed by atoms with Crippen LogP contribution in [0.1, 0.15) is 37.3 Å². The number of hydrogen-bond acceptors (Lipinski definition) is 5. The monoisotopic (exact) mass is 272 g/mol. The molecule has 1 N–H and O–H groups in total. The molecule has 2 atom stereocenters. The van der Waals surface area contributed by atoms with E-state index in [-0.39, 0.29) is 11.7 Å². The van der Waals surface area contributed by atoms with E-state index < -0.39 is 9.84 Å². The fraction of sp³-hybridized carbons (Fsp3) is 0.750. The van der Waals surface area contributed by atoms with Crippen LogP contribution in [0, 0.1) is 0 Å². The first-order valence-electron chi connectivity index (χ1n) is 6.32. The predicted octanol–water partition coefficient (Wildman–Crippen LogP) is 1.12. The van der Waals surface area contributed by atoms with Gasteiger partial charge in [-0.25, -0.2) is 13.4 Å². The molecule has 0 saturated carbocycles. The first-order valence-corrected chi connectivity index (χ1v) is 8.14. The summed E-state index contributed by atoms with van der Waals surface area (Å²) in [6.45, 7) is 2.06. The third kappa shape index (κ3) is 3.32. The molecule has 0 aromatic carbocycles. The van der Waals surface area contributed by atoms with Crippen LogP contribution in [0.2, 0.25) is 0 Å². The van der Waals surface area contributed by atoms with Gasteiger partial charge in [-0.3, -0.25) is 0 Å². The zero-order valence-electron chi connectivity index (χ0n) is 10.8. The number of nitrogens with zero attached hydrogens (tertiary/aromatic N) is 1. The summed E-state index contributed by atoms with van der Waals surface area (Å²) < 4.78 is 28.8. The molecule has 2 heterocycles. The largest absolute Gasteiger partial charge is 0.445 e. The van der Waals surface area contributed by atoms with Gasteiger partial charge in [0, 0.05) is 18.4 Å². The lowest BCUT2D eigenvalue weighted by Gasteiger charge is -2.18. The second-order valence-electron chi connectivity index (χ2n) is 5.01. The molecule has 18 heavy (non-hydrogen) atoms. The van der Waals surface area contributed by atoms with Crippen LogP contribution in [0.5, 0.6) is 0 Å². The Morgan fingerprint density at radius 3 is 3.06 bits per heavy atom. The van der Waals surface area contributed by atoms with E-state index in [2.05, 4.69) is 17.2 Å². The van der Waals surface area contributed by atoms with Crippen LogP contribution < -0.4 is 5.32 Å². The Morgan fingerprint density at radius 2 is 2.39 bits per heavy atom. The van der Waals surface area contributed by atoms with Gasteiger partial charge in [-0.1, -0.05) is 0 Å². The van der Waals surface area contributed by atoms with Crippen molar-refractivity contribution < 1.29 is 12.8 Å². The standard InChI is InChI=1S/C12H20N2O3S/c1-9(13-2)6-11-7-14-12(17-11)10-4-3-5-18(15,16)8-10/h7,9-10,13H,3-6,8H2,1-2H3. The van der Waals surface area contributed by atoms with Crippen LogP contribution in [-0.2, 0) is 16.3 Å². The summed E-state index contributed by atoms with van der Waals surface area (Å²) in [5, 5.41) is 3.13. The average Bonchev–Trinajstić information content (AvgIpc) is 2.76. The van der Waals surface area contributed by atoms with E-state index >= 15 is 0 Å². The Bertz CT molecular complexity index is 495. The van der Waals surface area contributed by atoms with Crippen molar-refractivity contribution in [2.75, 3.05) is 18.6 Å². The Hall–Kier alpha value is -0.880. The summed E-state index contributed by atoms with van der Waals surface area (Å²) in [5.41, 5.74) is 0. The molecule has 0 spiro atoms. The summed E-state index contributed by atoms with van der Waals surface area (Å²) in [7, 11) is -1.01. The molecule has 0 aliphatic carbocycles. The number of hydrogen-bond donors (Lipinski definition) is 1. The lowest BCUT2D eigenvalue weighted by molar-refractivity contribution is 0.398. The third-order valence-electron chi connectivity index (χ3n) is 3.38. The first kappa shape index (κ1) is 13.5. The average molecular weight is 272 g/mol. The smallest absolute Gasteiger partial charge is 0.198 e. The molecular formula is C12H20N2O3S. The Morgan fingerprint density at radius 1 is 1.61 bits per heavy atom. The SMILES string of the molecule is CNC(C)Cc1cnc(C2CCCS(=O)(=O)C2)o1. The van der Waals surface area contributed by atoms with E-state index in [1.165, 1.54) is 0 Å².